The van der Waals surface area contributed by atoms with E-state index in [9.17, 15) is 14.7 Å². The van der Waals surface area contributed by atoms with Crippen molar-refractivity contribution in [2.75, 3.05) is 6.61 Å². The van der Waals surface area contributed by atoms with Crippen LogP contribution in [0, 0.1) is 0 Å². The van der Waals surface area contributed by atoms with Gasteiger partial charge < -0.3 is 19.5 Å². The molecule has 2 aliphatic heterocycles. The SMILES string of the molecule is CC(C)(C)OC(=O)N1C2CCCC1CC(OCC(=O)O)(c1ccc(Br)nc1)C2. The Morgan fingerprint density at radius 3 is 2.43 bits per heavy atom. The average Bonchev–Trinajstić information content (AvgIpc) is 2.58. The second-order valence-corrected chi connectivity index (χ2v) is 9.39. The van der Waals surface area contributed by atoms with Gasteiger partial charge in [-0.15, -0.1) is 0 Å². The minimum absolute atomic E-state index is 0.0557. The Balaban J connectivity index is 1.91. The van der Waals surface area contributed by atoms with Crippen molar-refractivity contribution >= 4 is 28.0 Å². The Morgan fingerprint density at radius 1 is 1.29 bits per heavy atom. The van der Waals surface area contributed by atoms with Crippen molar-refractivity contribution in [1.82, 2.24) is 9.88 Å². The Hall–Kier alpha value is -1.67. The molecular weight excluding hydrogens is 428 g/mol. The standard InChI is InChI=1S/C20H27BrN2O5/c1-19(2,3)28-18(26)23-14-5-4-6-15(23)10-20(9-14,27-12-17(24)25)13-7-8-16(21)22-11-13/h7-8,11,14-15H,4-6,9-10,12H2,1-3H3,(H,24,25). The van der Waals surface area contributed by atoms with Crippen LogP contribution < -0.4 is 0 Å². The lowest BCUT2D eigenvalue weighted by Crippen LogP contribution is -2.60. The topological polar surface area (TPSA) is 89.0 Å². The number of ether oxygens (including phenoxy) is 2. The summed E-state index contributed by atoms with van der Waals surface area (Å²) in [6.45, 7) is 5.19. The van der Waals surface area contributed by atoms with Gasteiger partial charge >= 0.3 is 12.1 Å². The summed E-state index contributed by atoms with van der Waals surface area (Å²) in [6.07, 6.45) is 5.20. The maximum Gasteiger partial charge on any atom is 0.410 e. The molecule has 1 aromatic heterocycles. The van der Waals surface area contributed by atoms with E-state index < -0.39 is 17.2 Å². The molecule has 7 nitrogen and oxygen atoms in total. The summed E-state index contributed by atoms with van der Waals surface area (Å²) in [5.41, 5.74) is -0.493. The second kappa shape index (κ2) is 7.99. The minimum atomic E-state index is -1.01. The van der Waals surface area contributed by atoms with E-state index in [-0.39, 0.29) is 24.8 Å². The number of hydrogen-bond donors (Lipinski definition) is 1. The van der Waals surface area contributed by atoms with Gasteiger partial charge in [0.1, 0.15) is 16.8 Å². The van der Waals surface area contributed by atoms with E-state index in [2.05, 4.69) is 20.9 Å². The third-order valence-corrected chi connectivity index (χ3v) is 5.79. The Morgan fingerprint density at radius 2 is 1.93 bits per heavy atom. The van der Waals surface area contributed by atoms with Crippen molar-refractivity contribution in [1.29, 1.82) is 0 Å². The van der Waals surface area contributed by atoms with Crippen molar-refractivity contribution in [3.05, 3.63) is 28.5 Å². The van der Waals surface area contributed by atoms with Gasteiger partial charge in [-0.25, -0.2) is 14.6 Å². The number of hydrogen-bond acceptors (Lipinski definition) is 5. The highest BCUT2D eigenvalue weighted by Gasteiger charge is 2.51. The first-order chi connectivity index (χ1) is 13.1. The summed E-state index contributed by atoms with van der Waals surface area (Å²) in [5.74, 6) is -1.01. The monoisotopic (exact) mass is 454 g/mol. The molecule has 28 heavy (non-hydrogen) atoms. The van der Waals surface area contributed by atoms with Gasteiger partial charge in [0.2, 0.25) is 0 Å². The lowest BCUT2D eigenvalue weighted by molar-refractivity contribution is -0.164. The van der Waals surface area contributed by atoms with E-state index in [1.807, 2.05) is 37.8 Å². The Kier molecular flexibility index (Phi) is 6.00. The molecule has 2 atom stereocenters. The predicted octanol–water partition coefficient (Wildman–Crippen LogP) is 4.09. The van der Waals surface area contributed by atoms with Crippen LogP contribution in [0.4, 0.5) is 4.79 Å². The summed E-state index contributed by atoms with van der Waals surface area (Å²) < 4.78 is 12.3. The van der Waals surface area contributed by atoms with E-state index in [1.54, 1.807) is 6.20 Å². The minimum Gasteiger partial charge on any atom is -0.480 e. The van der Waals surface area contributed by atoms with Crippen molar-refractivity contribution in [3.63, 3.8) is 0 Å². The quantitative estimate of drug-likeness (QED) is 0.688. The van der Waals surface area contributed by atoms with Crippen LogP contribution in [-0.4, -0.2) is 51.3 Å². The maximum absolute atomic E-state index is 12.8. The molecule has 8 heteroatoms. The highest BCUT2D eigenvalue weighted by atomic mass is 79.9. The summed E-state index contributed by atoms with van der Waals surface area (Å²) in [4.78, 5) is 30.2. The zero-order valence-electron chi connectivity index (χ0n) is 16.5. The van der Waals surface area contributed by atoms with Crippen LogP contribution in [0.15, 0.2) is 22.9 Å². The van der Waals surface area contributed by atoms with E-state index in [1.165, 1.54) is 0 Å². The highest BCUT2D eigenvalue weighted by molar-refractivity contribution is 9.10. The first kappa shape index (κ1) is 21.0. The molecular formula is C20H27BrN2O5. The molecule has 2 unspecified atom stereocenters. The number of fused-ring (bicyclic) bond motifs is 2. The first-order valence-corrected chi connectivity index (χ1v) is 10.4. The third kappa shape index (κ3) is 4.66. The van der Waals surface area contributed by atoms with Gasteiger partial charge in [0.15, 0.2) is 0 Å². The summed E-state index contributed by atoms with van der Waals surface area (Å²) in [6, 6.07) is 3.63. The fourth-order valence-corrected chi connectivity index (χ4v) is 4.54. The number of pyridine rings is 1. The van der Waals surface area contributed by atoms with Crippen LogP contribution >= 0.6 is 15.9 Å². The number of aromatic nitrogens is 1. The number of carbonyl (C=O) groups is 2. The van der Waals surface area contributed by atoms with Crippen molar-refractivity contribution in [2.45, 2.75) is 76.2 Å². The van der Waals surface area contributed by atoms with E-state index in [0.717, 1.165) is 24.8 Å². The molecule has 0 aliphatic carbocycles. The molecule has 3 heterocycles. The average molecular weight is 455 g/mol. The van der Waals surface area contributed by atoms with E-state index in [0.29, 0.717) is 17.4 Å². The number of piperidine rings is 2. The molecule has 0 saturated carbocycles. The van der Waals surface area contributed by atoms with Crippen molar-refractivity contribution < 1.29 is 24.2 Å². The molecule has 0 aromatic carbocycles. The molecule has 2 saturated heterocycles. The number of rotatable bonds is 4. The summed E-state index contributed by atoms with van der Waals surface area (Å²) >= 11 is 3.34. The fourth-order valence-electron chi connectivity index (χ4n) is 4.31. The molecule has 3 rings (SSSR count). The smallest absolute Gasteiger partial charge is 0.410 e. The van der Waals surface area contributed by atoms with Gasteiger partial charge in [-0.2, -0.15) is 0 Å². The molecule has 2 fully saturated rings. The van der Waals surface area contributed by atoms with Crippen molar-refractivity contribution in [3.8, 4) is 0 Å². The number of carboxylic acids is 1. The van der Waals surface area contributed by atoms with Gasteiger partial charge in [0.25, 0.3) is 0 Å². The Bertz CT molecular complexity index is 717. The van der Waals surface area contributed by atoms with Crippen LogP contribution in [0.2, 0.25) is 0 Å². The lowest BCUT2D eigenvalue weighted by atomic mass is 9.72. The Labute approximate surface area is 173 Å². The predicted molar refractivity (Wildman–Crippen MR) is 106 cm³/mol. The third-order valence-electron chi connectivity index (χ3n) is 5.32. The lowest BCUT2D eigenvalue weighted by Gasteiger charge is -2.53. The fraction of sp³-hybridized carbons (Fsp3) is 0.650. The molecule has 1 N–H and O–H groups in total. The maximum atomic E-state index is 12.8. The largest absolute Gasteiger partial charge is 0.480 e. The van der Waals surface area contributed by atoms with Gasteiger partial charge in [0.05, 0.1) is 5.60 Å². The van der Waals surface area contributed by atoms with Crippen LogP contribution in [0.3, 0.4) is 0 Å². The molecule has 1 aromatic rings. The molecule has 0 spiro atoms. The van der Waals surface area contributed by atoms with Crippen LogP contribution in [0.25, 0.3) is 0 Å². The van der Waals surface area contributed by atoms with Gasteiger partial charge in [-0.1, -0.05) is 6.07 Å². The number of nitrogens with zero attached hydrogens (tertiary/aromatic N) is 2. The first-order valence-electron chi connectivity index (χ1n) is 9.59. The van der Waals surface area contributed by atoms with E-state index >= 15 is 0 Å². The molecule has 2 aliphatic rings. The number of amides is 1. The van der Waals surface area contributed by atoms with Crippen LogP contribution in [-0.2, 0) is 19.9 Å². The second-order valence-electron chi connectivity index (χ2n) is 8.58. The van der Waals surface area contributed by atoms with E-state index in [4.69, 9.17) is 9.47 Å². The van der Waals surface area contributed by atoms with Gasteiger partial charge in [-0.05, 0) is 62.0 Å². The van der Waals surface area contributed by atoms with Gasteiger partial charge in [-0.3, -0.25) is 0 Å². The molecule has 2 bridgehead atoms. The number of carbonyl (C=O) groups excluding carboxylic acids is 1. The van der Waals surface area contributed by atoms with Gasteiger partial charge in [0, 0.05) is 36.7 Å². The number of carboxylic acid groups (broad SMARTS) is 1. The summed E-state index contributed by atoms with van der Waals surface area (Å²) in [7, 11) is 0. The highest BCUT2D eigenvalue weighted by Crippen LogP contribution is 2.47. The van der Waals surface area contributed by atoms with Crippen LogP contribution in [0.5, 0.6) is 0 Å². The number of halogens is 1. The van der Waals surface area contributed by atoms with Crippen molar-refractivity contribution in [2.24, 2.45) is 0 Å². The number of aliphatic carboxylic acids is 1. The van der Waals surface area contributed by atoms with Crippen LogP contribution in [0.1, 0.15) is 58.4 Å². The zero-order chi connectivity index (χ0) is 20.5. The molecule has 154 valence electrons. The normalized spacial score (nSPS) is 27.4. The summed E-state index contributed by atoms with van der Waals surface area (Å²) in [5, 5.41) is 9.19. The molecule has 0 radical (unpaired) electrons. The zero-order valence-corrected chi connectivity index (χ0v) is 18.1. The molecule has 1 amide bonds.